The van der Waals surface area contributed by atoms with Crippen LogP contribution in [-0.2, 0) is 10.0 Å². The Hall–Kier alpha value is -0.850. The van der Waals surface area contributed by atoms with E-state index in [1.54, 1.807) is 7.05 Å². The third-order valence-electron chi connectivity index (χ3n) is 3.64. The number of anilines is 1. The molecule has 120 valence electrons. The first-order valence-corrected chi connectivity index (χ1v) is 8.71. The van der Waals surface area contributed by atoms with Crippen LogP contribution in [0, 0.1) is 5.41 Å². The molecule has 0 radical (unpaired) electrons. The van der Waals surface area contributed by atoms with Crippen molar-refractivity contribution in [2.75, 3.05) is 18.9 Å². The highest BCUT2D eigenvalue weighted by molar-refractivity contribution is 7.89. The fraction of sp³-hybridized carbons (Fsp3) is 0.643. The van der Waals surface area contributed by atoms with Crippen molar-refractivity contribution in [1.29, 1.82) is 0 Å². The van der Waals surface area contributed by atoms with E-state index in [1.807, 2.05) is 34.6 Å². The van der Waals surface area contributed by atoms with Crippen molar-refractivity contribution in [2.24, 2.45) is 5.41 Å². The molecule has 0 aliphatic carbocycles. The van der Waals surface area contributed by atoms with Crippen LogP contribution in [0.1, 0.15) is 34.6 Å². The first kappa shape index (κ1) is 18.2. The molecule has 1 aromatic heterocycles. The van der Waals surface area contributed by atoms with Crippen molar-refractivity contribution in [2.45, 2.75) is 45.6 Å². The molecule has 1 atom stereocenters. The van der Waals surface area contributed by atoms with Gasteiger partial charge in [-0.05, 0) is 25.3 Å². The summed E-state index contributed by atoms with van der Waals surface area (Å²) >= 11 is 6.08. The second-order valence-electron chi connectivity index (χ2n) is 6.10. The minimum atomic E-state index is -3.62. The highest BCUT2D eigenvalue weighted by atomic mass is 35.5. The fourth-order valence-corrected chi connectivity index (χ4v) is 3.59. The van der Waals surface area contributed by atoms with Gasteiger partial charge in [-0.2, -0.15) is 4.31 Å². The molecule has 0 fully saturated rings. The third kappa shape index (κ3) is 4.08. The summed E-state index contributed by atoms with van der Waals surface area (Å²) in [6, 6.07) is 1.28. The lowest BCUT2D eigenvalue weighted by Crippen LogP contribution is -2.42. The average Bonchev–Trinajstić information content (AvgIpc) is 2.38. The van der Waals surface area contributed by atoms with Crippen molar-refractivity contribution in [1.82, 2.24) is 9.29 Å². The van der Waals surface area contributed by atoms with E-state index in [9.17, 15) is 8.42 Å². The summed E-state index contributed by atoms with van der Waals surface area (Å²) in [7, 11) is -2.04. The summed E-state index contributed by atoms with van der Waals surface area (Å²) < 4.78 is 26.7. The van der Waals surface area contributed by atoms with Crippen LogP contribution in [0.25, 0.3) is 0 Å². The monoisotopic (exact) mass is 333 g/mol. The van der Waals surface area contributed by atoms with Gasteiger partial charge in [0.15, 0.2) is 0 Å². The van der Waals surface area contributed by atoms with Crippen molar-refractivity contribution >= 4 is 27.4 Å². The maximum Gasteiger partial charge on any atom is 0.244 e. The average molecular weight is 334 g/mol. The molecule has 0 bridgehead atoms. The lowest BCUT2D eigenvalue weighted by atomic mass is 9.88. The quantitative estimate of drug-likeness (QED) is 0.898. The Morgan fingerprint density at radius 2 is 2.00 bits per heavy atom. The summed E-state index contributed by atoms with van der Waals surface area (Å²) in [4.78, 5) is 4.19. The smallest absolute Gasteiger partial charge is 0.244 e. The molecular weight excluding hydrogens is 310 g/mol. The number of pyridine rings is 1. The van der Waals surface area contributed by atoms with Crippen LogP contribution < -0.4 is 5.32 Å². The van der Waals surface area contributed by atoms with Gasteiger partial charge in [-0.15, -0.1) is 0 Å². The number of sulfonamides is 1. The Labute approximate surface area is 132 Å². The predicted molar refractivity (Wildman–Crippen MR) is 87.3 cm³/mol. The van der Waals surface area contributed by atoms with Crippen molar-refractivity contribution in [3.63, 3.8) is 0 Å². The van der Waals surface area contributed by atoms with Gasteiger partial charge >= 0.3 is 0 Å². The van der Waals surface area contributed by atoms with E-state index in [-0.39, 0.29) is 16.4 Å². The molecule has 0 spiro atoms. The normalized spacial score (nSPS) is 14.3. The van der Waals surface area contributed by atoms with Gasteiger partial charge in [-0.3, -0.25) is 0 Å². The van der Waals surface area contributed by atoms with Crippen LogP contribution in [0.3, 0.4) is 0 Å². The fourth-order valence-electron chi connectivity index (χ4n) is 1.78. The maximum atomic E-state index is 12.6. The van der Waals surface area contributed by atoms with E-state index in [4.69, 9.17) is 11.6 Å². The highest BCUT2D eigenvalue weighted by Gasteiger charge is 2.32. The summed E-state index contributed by atoms with van der Waals surface area (Å²) in [6.07, 6.45) is 1.34. The van der Waals surface area contributed by atoms with Gasteiger partial charge in [-0.25, -0.2) is 13.4 Å². The molecule has 0 saturated carbocycles. The zero-order chi connectivity index (χ0) is 16.4. The standard InChI is InChI=1S/C14H24ClN3O2S/c1-7-16-13-12(15)8-11(9-17-13)21(19,20)18(6)10(2)14(3,4)5/h8-10H,7H2,1-6H3,(H,16,17). The molecule has 0 aliphatic rings. The molecule has 1 rings (SSSR count). The lowest BCUT2D eigenvalue weighted by molar-refractivity contribution is 0.216. The highest BCUT2D eigenvalue weighted by Crippen LogP contribution is 2.29. The van der Waals surface area contributed by atoms with E-state index in [0.717, 1.165) is 0 Å². The van der Waals surface area contributed by atoms with Crippen LogP contribution in [0.5, 0.6) is 0 Å². The van der Waals surface area contributed by atoms with Gasteiger partial charge in [0.05, 0.1) is 5.02 Å². The second-order valence-corrected chi connectivity index (χ2v) is 8.50. The van der Waals surface area contributed by atoms with Crippen molar-refractivity contribution in [3.05, 3.63) is 17.3 Å². The van der Waals surface area contributed by atoms with Crippen LogP contribution in [0.4, 0.5) is 5.82 Å². The Morgan fingerprint density at radius 1 is 1.43 bits per heavy atom. The molecular formula is C14H24ClN3O2S. The topological polar surface area (TPSA) is 62.3 Å². The van der Waals surface area contributed by atoms with E-state index in [1.165, 1.54) is 16.6 Å². The Balaban J connectivity index is 3.17. The molecule has 0 amide bonds. The molecule has 0 aliphatic heterocycles. The number of hydrogen-bond acceptors (Lipinski definition) is 4. The largest absolute Gasteiger partial charge is 0.369 e. The van der Waals surface area contributed by atoms with E-state index in [0.29, 0.717) is 17.4 Å². The summed E-state index contributed by atoms with van der Waals surface area (Å²) in [6.45, 7) is 10.5. The number of rotatable bonds is 5. The first-order chi connectivity index (χ1) is 9.51. The van der Waals surface area contributed by atoms with Crippen molar-refractivity contribution in [3.8, 4) is 0 Å². The Kier molecular flexibility index (Phi) is 5.63. The SMILES string of the molecule is CCNc1ncc(S(=O)(=O)N(C)C(C)C(C)(C)C)cc1Cl. The molecule has 21 heavy (non-hydrogen) atoms. The second kappa shape index (κ2) is 6.50. The lowest BCUT2D eigenvalue weighted by Gasteiger charge is -2.34. The molecule has 1 heterocycles. The number of aromatic nitrogens is 1. The number of hydrogen-bond donors (Lipinski definition) is 1. The molecule has 0 aromatic carbocycles. The number of halogens is 1. The number of nitrogens with zero attached hydrogens (tertiary/aromatic N) is 2. The zero-order valence-corrected chi connectivity index (χ0v) is 15.0. The van der Waals surface area contributed by atoms with Gasteiger partial charge in [-0.1, -0.05) is 32.4 Å². The van der Waals surface area contributed by atoms with E-state index < -0.39 is 10.0 Å². The van der Waals surface area contributed by atoms with Gasteiger partial charge in [0.1, 0.15) is 10.7 Å². The van der Waals surface area contributed by atoms with Crippen LogP contribution in [0.15, 0.2) is 17.2 Å². The van der Waals surface area contributed by atoms with Crippen LogP contribution in [0.2, 0.25) is 5.02 Å². The van der Waals surface area contributed by atoms with Gasteiger partial charge in [0.25, 0.3) is 0 Å². The molecule has 5 nitrogen and oxygen atoms in total. The molecule has 1 N–H and O–H groups in total. The molecule has 7 heteroatoms. The molecule has 1 unspecified atom stereocenters. The Morgan fingerprint density at radius 3 is 2.43 bits per heavy atom. The van der Waals surface area contributed by atoms with Gasteiger partial charge < -0.3 is 5.32 Å². The van der Waals surface area contributed by atoms with Gasteiger partial charge in [0, 0.05) is 25.8 Å². The van der Waals surface area contributed by atoms with Gasteiger partial charge in [0.2, 0.25) is 10.0 Å². The minimum Gasteiger partial charge on any atom is -0.369 e. The Bertz CT molecular complexity index is 597. The van der Waals surface area contributed by atoms with Crippen LogP contribution in [-0.4, -0.2) is 37.3 Å². The minimum absolute atomic E-state index is 0.104. The predicted octanol–water partition coefficient (Wildman–Crippen LogP) is 3.22. The number of nitrogens with one attached hydrogen (secondary N) is 1. The first-order valence-electron chi connectivity index (χ1n) is 6.89. The molecule has 0 saturated heterocycles. The maximum absolute atomic E-state index is 12.6. The van der Waals surface area contributed by atoms with E-state index >= 15 is 0 Å². The van der Waals surface area contributed by atoms with E-state index in [2.05, 4.69) is 10.3 Å². The zero-order valence-electron chi connectivity index (χ0n) is 13.4. The summed E-state index contributed by atoms with van der Waals surface area (Å²) in [5.41, 5.74) is -0.164. The summed E-state index contributed by atoms with van der Waals surface area (Å²) in [5.74, 6) is 0.490. The van der Waals surface area contributed by atoms with Crippen LogP contribution >= 0.6 is 11.6 Å². The third-order valence-corrected chi connectivity index (χ3v) is 5.82. The van der Waals surface area contributed by atoms with Crippen molar-refractivity contribution < 1.29 is 8.42 Å². The summed E-state index contributed by atoms with van der Waals surface area (Å²) in [5, 5.41) is 3.28. The molecule has 1 aromatic rings.